The molecule has 100 valence electrons. The number of anilines is 2. The van der Waals surface area contributed by atoms with Crippen LogP contribution in [0.1, 0.15) is 31.7 Å². The van der Waals surface area contributed by atoms with Crippen LogP contribution in [0.2, 0.25) is 0 Å². The second-order valence-corrected chi connectivity index (χ2v) is 5.06. The molecule has 1 aromatic carbocycles. The van der Waals surface area contributed by atoms with Crippen molar-refractivity contribution >= 4 is 11.4 Å². The van der Waals surface area contributed by atoms with Crippen LogP contribution in [0.4, 0.5) is 24.5 Å². The lowest BCUT2D eigenvalue weighted by Crippen LogP contribution is -2.16. The summed E-state index contributed by atoms with van der Waals surface area (Å²) in [5, 5.41) is 3.16. The van der Waals surface area contributed by atoms with E-state index in [4.69, 9.17) is 5.73 Å². The van der Waals surface area contributed by atoms with Gasteiger partial charge in [0, 0.05) is 17.4 Å². The summed E-state index contributed by atoms with van der Waals surface area (Å²) in [6.45, 7) is 2.16. The van der Waals surface area contributed by atoms with E-state index in [-0.39, 0.29) is 11.7 Å². The molecule has 5 heteroatoms. The molecule has 0 spiro atoms. The van der Waals surface area contributed by atoms with E-state index in [9.17, 15) is 13.2 Å². The molecule has 2 unspecified atom stereocenters. The van der Waals surface area contributed by atoms with Gasteiger partial charge in [-0.3, -0.25) is 0 Å². The van der Waals surface area contributed by atoms with Crippen LogP contribution >= 0.6 is 0 Å². The molecule has 1 aliphatic rings. The molecule has 1 fully saturated rings. The second-order valence-electron chi connectivity index (χ2n) is 5.06. The predicted molar refractivity (Wildman–Crippen MR) is 66.3 cm³/mol. The largest absolute Gasteiger partial charge is 0.418 e. The van der Waals surface area contributed by atoms with Crippen LogP contribution < -0.4 is 11.1 Å². The van der Waals surface area contributed by atoms with E-state index in [0.717, 1.165) is 25.3 Å². The van der Waals surface area contributed by atoms with Gasteiger partial charge in [0.15, 0.2) is 0 Å². The Labute approximate surface area is 104 Å². The first-order valence-corrected chi connectivity index (χ1v) is 6.09. The fraction of sp³-hybridized carbons (Fsp3) is 0.538. The Morgan fingerprint density at radius 3 is 2.56 bits per heavy atom. The number of hydrogen-bond donors (Lipinski definition) is 2. The summed E-state index contributed by atoms with van der Waals surface area (Å²) >= 11 is 0. The maximum Gasteiger partial charge on any atom is 0.418 e. The maximum atomic E-state index is 12.7. The number of hydrogen-bond acceptors (Lipinski definition) is 2. The number of nitrogen functional groups attached to an aromatic ring is 1. The van der Waals surface area contributed by atoms with Crippen LogP contribution in [-0.4, -0.2) is 6.04 Å². The quantitative estimate of drug-likeness (QED) is 0.790. The molecule has 1 aromatic rings. The lowest BCUT2D eigenvalue weighted by atomic mass is 10.1. The zero-order valence-electron chi connectivity index (χ0n) is 10.2. The van der Waals surface area contributed by atoms with E-state index >= 15 is 0 Å². The minimum atomic E-state index is -4.40. The third kappa shape index (κ3) is 2.89. The molecule has 0 aromatic heterocycles. The predicted octanol–water partition coefficient (Wildman–Crippen LogP) is 3.89. The molecule has 2 nitrogen and oxygen atoms in total. The summed E-state index contributed by atoms with van der Waals surface area (Å²) in [4.78, 5) is 0. The third-order valence-corrected chi connectivity index (χ3v) is 3.42. The van der Waals surface area contributed by atoms with Crippen LogP contribution in [0, 0.1) is 5.92 Å². The highest BCUT2D eigenvalue weighted by Gasteiger charge is 2.33. The fourth-order valence-electron chi connectivity index (χ4n) is 2.47. The van der Waals surface area contributed by atoms with Crippen molar-refractivity contribution in [2.24, 2.45) is 5.92 Å². The summed E-state index contributed by atoms with van der Waals surface area (Å²) in [7, 11) is 0. The molecule has 0 amide bonds. The van der Waals surface area contributed by atoms with Crippen molar-refractivity contribution in [1.82, 2.24) is 0 Å². The minimum Gasteiger partial charge on any atom is -0.398 e. The number of rotatable bonds is 2. The molecule has 0 saturated heterocycles. The highest BCUT2D eigenvalue weighted by atomic mass is 19.4. The van der Waals surface area contributed by atoms with E-state index in [1.165, 1.54) is 6.07 Å². The molecule has 1 aliphatic carbocycles. The molecule has 0 radical (unpaired) electrons. The topological polar surface area (TPSA) is 38.0 Å². The smallest absolute Gasteiger partial charge is 0.398 e. The average molecular weight is 258 g/mol. The third-order valence-electron chi connectivity index (χ3n) is 3.42. The first-order chi connectivity index (χ1) is 8.36. The zero-order chi connectivity index (χ0) is 13.3. The summed E-state index contributed by atoms with van der Waals surface area (Å²) in [6, 6.07) is 4.28. The maximum absolute atomic E-state index is 12.7. The van der Waals surface area contributed by atoms with Crippen LogP contribution in [0.25, 0.3) is 0 Å². The SMILES string of the molecule is CC1CCC(Nc2ccc(N)c(C(F)(F)F)c2)C1. The molecular weight excluding hydrogens is 241 g/mol. The van der Waals surface area contributed by atoms with Gasteiger partial charge in [0.2, 0.25) is 0 Å². The van der Waals surface area contributed by atoms with Crippen LogP contribution in [0.5, 0.6) is 0 Å². The van der Waals surface area contributed by atoms with E-state index in [2.05, 4.69) is 12.2 Å². The van der Waals surface area contributed by atoms with Gasteiger partial charge in [-0.2, -0.15) is 13.2 Å². The summed E-state index contributed by atoms with van der Waals surface area (Å²) in [5.41, 5.74) is 4.86. The van der Waals surface area contributed by atoms with Crippen molar-refractivity contribution in [3.8, 4) is 0 Å². The Morgan fingerprint density at radius 1 is 1.28 bits per heavy atom. The Bertz CT molecular complexity index is 429. The molecule has 1 saturated carbocycles. The van der Waals surface area contributed by atoms with Crippen molar-refractivity contribution in [1.29, 1.82) is 0 Å². The Kier molecular flexibility index (Phi) is 3.41. The summed E-state index contributed by atoms with van der Waals surface area (Å²) in [6.07, 6.45) is -1.26. The first kappa shape index (κ1) is 13.1. The Morgan fingerprint density at radius 2 is 2.00 bits per heavy atom. The van der Waals surface area contributed by atoms with E-state index in [0.29, 0.717) is 11.6 Å². The van der Waals surface area contributed by atoms with Gasteiger partial charge >= 0.3 is 6.18 Å². The van der Waals surface area contributed by atoms with Gasteiger partial charge in [-0.05, 0) is 43.4 Å². The summed E-state index contributed by atoms with van der Waals surface area (Å²) < 4.78 is 38.1. The van der Waals surface area contributed by atoms with Gasteiger partial charge < -0.3 is 11.1 Å². The van der Waals surface area contributed by atoms with Crippen molar-refractivity contribution in [3.05, 3.63) is 23.8 Å². The van der Waals surface area contributed by atoms with E-state index in [1.54, 1.807) is 6.07 Å². The minimum absolute atomic E-state index is 0.229. The van der Waals surface area contributed by atoms with Crippen LogP contribution in [0.3, 0.4) is 0 Å². The van der Waals surface area contributed by atoms with E-state index in [1.807, 2.05) is 0 Å². The van der Waals surface area contributed by atoms with Crippen molar-refractivity contribution in [2.75, 3.05) is 11.1 Å². The van der Waals surface area contributed by atoms with Crippen molar-refractivity contribution in [2.45, 2.75) is 38.4 Å². The standard InChI is InChI=1S/C13H17F3N2/c1-8-2-3-9(6-8)18-10-4-5-12(17)11(7-10)13(14,15)16/h4-5,7-9,18H,2-3,6,17H2,1H3. The molecule has 2 rings (SSSR count). The number of halogens is 3. The second kappa shape index (κ2) is 4.71. The van der Waals surface area contributed by atoms with Gasteiger partial charge in [-0.25, -0.2) is 0 Å². The van der Waals surface area contributed by atoms with Crippen LogP contribution in [0.15, 0.2) is 18.2 Å². The van der Waals surface area contributed by atoms with E-state index < -0.39 is 11.7 Å². The van der Waals surface area contributed by atoms with Crippen LogP contribution in [-0.2, 0) is 6.18 Å². The molecule has 18 heavy (non-hydrogen) atoms. The lowest BCUT2D eigenvalue weighted by molar-refractivity contribution is -0.136. The fourth-order valence-corrected chi connectivity index (χ4v) is 2.47. The molecule has 0 heterocycles. The molecule has 0 bridgehead atoms. The van der Waals surface area contributed by atoms with Gasteiger partial charge in [0.1, 0.15) is 0 Å². The number of nitrogens with one attached hydrogen (secondary N) is 1. The van der Waals surface area contributed by atoms with Crippen molar-refractivity contribution in [3.63, 3.8) is 0 Å². The monoisotopic (exact) mass is 258 g/mol. The Balaban J connectivity index is 2.15. The van der Waals surface area contributed by atoms with Gasteiger partial charge in [0.05, 0.1) is 5.56 Å². The first-order valence-electron chi connectivity index (χ1n) is 6.09. The normalized spacial score (nSPS) is 24.2. The number of nitrogens with two attached hydrogens (primary N) is 1. The van der Waals surface area contributed by atoms with Gasteiger partial charge in [0.25, 0.3) is 0 Å². The molecule has 3 N–H and O–H groups in total. The zero-order valence-corrected chi connectivity index (χ0v) is 10.2. The Hall–Kier alpha value is -1.39. The highest BCUT2D eigenvalue weighted by Crippen LogP contribution is 2.36. The van der Waals surface area contributed by atoms with Gasteiger partial charge in [-0.1, -0.05) is 6.92 Å². The summed E-state index contributed by atoms with van der Waals surface area (Å²) in [5.74, 6) is 0.637. The molecule has 0 aliphatic heterocycles. The average Bonchev–Trinajstić information content (AvgIpc) is 2.65. The number of alkyl halides is 3. The lowest BCUT2D eigenvalue weighted by Gasteiger charge is -2.17. The van der Waals surface area contributed by atoms with Gasteiger partial charge in [-0.15, -0.1) is 0 Å². The number of benzene rings is 1. The highest BCUT2D eigenvalue weighted by molar-refractivity contribution is 5.58. The molecular formula is C13H17F3N2. The molecule has 2 atom stereocenters. The van der Waals surface area contributed by atoms with Crippen molar-refractivity contribution < 1.29 is 13.2 Å².